The van der Waals surface area contributed by atoms with Crippen LogP contribution in [0.4, 0.5) is 0 Å². The summed E-state index contributed by atoms with van der Waals surface area (Å²) >= 11 is 0. The summed E-state index contributed by atoms with van der Waals surface area (Å²) in [4.78, 5) is 0. The molecule has 8 heavy (non-hydrogen) atoms. The van der Waals surface area contributed by atoms with Crippen molar-refractivity contribution in [2.75, 3.05) is 13.2 Å². The van der Waals surface area contributed by atoms with Gasteiger partial charge in [-0.2, -0.15) is 0 Å². The molecule has 0 aromatic heterocycles. The molecule has 4 nitrogen and oxygen atoms in total. The van der Waals surface area contributed by atoms with Gasteiger partial charge in [0.2, 0.25) is 5.91 Å². The van der Waals surface area contributed by atoms with E-state index in [1.165, 1.54) is 0 Å². The predicted octanol–water partition coefficient (Wildman–Crippen LogP) is -1.38. The zero-order valence-electron chi connectivity index (χ0n) is 4.79. The van der Waals surface area contributed by atoms with Crippen LogP contribution < -0.4 is 5.73 Å². The van der Waals surface area contributed by atoms with Crippen LogP contribution in [0.3, 0.4) is 0 Å². The Labute approximate surface area is 47.9 Å². The van der Waals surface area contributed by atoms with Crippen LogP contribution >= 0.6 is 0 Å². The van der Waals surface area contributed by atoms with Crippen LogP contribution in [0.1, 0.15) is 6.92 Å². The molecule has 0 saturated carbocycles. The Balaban J connectivity index is 3.37. The first-order chi connectivity index (χ1) is 3.62. The topological polar surface area (TPSA) is 75.7 Å². The van der Waals surface area contributed by atoms with E-state index in [1.54, 1.807) is 6.92 Å². The first-order valence-corrected chi connectivity index (χ1v) is 2.38. The average Bonchev–Trinajstić information content (AvgIpc) is 1.67. The van der Waals surface area contributed by atoms with E-state index in [4.69, 9.17) is 15.9 Å². The average molecular weight is 121 g/mol. The molecule has 0 aromatic carbocycles. The summed E-state index contributed by atoms with van der Waals surface area (Å²) in [5, 5.41) is 16.9. The van der Waals surface area contributed by atoms with Crippen LogP contribution in [0.25, 0.3) is 0 Å². The molecule has 4 heteroatoms. The molecule has 0 aromatic rings. The molecular formula is C4H11NO3. The van der Waals surface area contributed by atoms with E-state index < -0.39 is 12.5 Å². The Morgan fingerprint density at radius 2 is 2.25 bits per heavy atom. The maximum atomic E-state index is 8.63. The van der Waals surface area contributed by atoms with Crippen LogP contribution in [0.5, 0.6) is 0 Å². The molecule has 50 valence electrons. The van der Waals surface area contributed by atoms with Crippen molar-refractivity contribution in [3.8, 4) is 0 Å². The van der Waals surface area contributed by atoms with E-state index in [9.17, 15) is 0 Å². The second-order valence-corrected chi connectivity index (χ2v) is 1.44. The molecule has 0 fully saturated rings. The van der Waals surface area contributed by atoms with Gasteiger partial charge in [-0.25, -0.2) is 0 Å². The summed E-state index contributed by atoms with van der Waals surface area (Å²) < 4.78 is 4.46. The molecular weight excluding hydrogens is 110 g/mol. The summed E-state index contributed by atoms with van der Waals surface area (Å²) in [6.07, 6.45) is 0. The molecule has 0 bridgehead atoms. The third kappa shape index (κ3) is 2.92. The fourth-order valence-electron chi connectivity index (χ4n) is 0.296. The van der Waals surface area contributed by atoms with Crippen molar-refractivity contribution in [2.24, 2.45) is 5.73 Å². The minimum absolute atomic E-state index is 0.285. The highest BCUT2D eigenvalue weighted by molar-refractivity contribution is 4.51. The third-order valence-corrected chi connectivity index (χ3v) is 0.621. The van der Waals surface area contributed by atoms with Crippen LogP contribution in [0.15, 0.2) is 0 Å². The quantitative estimate of drug-likeness (QED) is 0.402. The van der Waals surface area contributed by atoms with Crippen LogP contribution in [-0.2, 0) is 4.74 Å². The van der Waals surface area contributed by atoms with Crippen LogP contribution in [-0.4, -0.2) is 29.3 Å². The monoisotopic (exact) mass is 121 g/mol. The Kier molecular flexibility index (Phi) is 2.93. The van der Waals surface area contributed by atoms with Gasteiger partial charge in [0.1, 0.15) is 6.61 Å². The molecule has 0 aliphatic rings. The van der Waals surface area contributed by atoms with E-state index in [-0.39, 0.29) is 6.61 Å². The lowest BCUT2D eigenvalue weighted by atomic mass is 10.5. The number of hydrogen-bond donors (Lipinski definition) is 3. The standard InChI is InChI=1S/C4H11NO3/c1-2-8-4(5,7)3-6/h6-7H,2-3,5H2,1H3. The number of rotatable bonds is 3. The maximum Gasteiger partial charge on any atom is 0.246 e. The SMILES string of the molecule is CCOC(N)(O)CO. The van der Waals surface area contributed by atoms with Gasteiger partial charge in [0.25, 0.3) is 0 Å². The number of nitrogens with two attached hydrogens (primary N) is 1. The van der Waals surface area contributed by atoms with Crippen LogP contribution in [0.2, 0.25) is 0 Å². The normalized spacial score (nSPS) is 18.0. The van der Waals surface area contributed by atoms with Crippen molar-refractivity contribution >= 4 is 0 Å². The number of aliphatic hydroxyl groups excluding tert-OH is 1. The number of ether oxygens (including phenoxy) is 1. The van der Waals surface area contributed by atoms with Gasteiger partial charge in [-0.1, -0.05) is 0 Å². The summed E-state index contributed by atoms with van der Waals surface area (Å²) in [7, 11) is 0. The number of hydrogen-bond acceptors (Lipinski definition) is 4. The van der Waals surface area contributed by atoms with E-state index in [0.717, 1.165) is 0 Å². The molecule has 0 radical (unpaired) electrons. The minimum Gasteiger partial charge on any atom is -0.389 e. The summed E-state index contributed by atoms with van der Waals surface area (Å²) in [5.41, 5.74) is 4.91. The van der Waals surface area contributed by atoms with E-state index >= 15 is 0 Å². The summed E-state index contributed by atoms with van der Waals surface area (Å²) in [6.45, 7) is 1.38. The molecule has 0 heterocycles. The Morgan fingerprint density at radius 3 is 2.38 bits per heavy atom. The van der Waals surface area contributed by atoms with Gasteiger partial charge in [0.05, 0.1) is 0 Å². The fourth-order valence-corrected chi connectivity index (χ4v) is 0.296. The minimum atomic E-state index is -1.85. The van der Waals surface area contributed by atoms with Crippen molar-refractivity contribution < 1.29 is 14.9 Å². The smallest absolute Gasteiger partial charge is 0.246 e. The molecule has 1 unspecified atom stereocenters. The van der Waals surface area contributed by atoms with Gasteiger partial charge < -0.3 is 14.9 Å². The van der Waals surface area contributed by atoms with Gasteiger partial charge in [-0.3, -0.25) is 5.73 Å². The highest BCUT2D eigenvalue weighted by Crippen LogP contribution is 1.93. The van der Waals surface area contributed by atoms with Crippen molar-refractivity contribution in [2.45, 2.75) is 12.8 Å². The molecule has 0 spiro atoms. The molecule has 0 amide bonds. The second-order valence-electron chi connectivity index (χ2n) is 1.44. The molecule has 0 aliphatic heterocycles. The summed E-state index contributed by atoms with van der Waals surface area (Å²) in [6, 6.07) is 0. The molecule has 0 rings (SSSR count). The number of aliphatic hydroxyl groups is 2. The van der Waals surface area contributed by atoms with Gasteiger partial charge in [0, 0.05) is 6.61 Å². The van der Waals surface area contributed by atoms with Gasteiger partial charge in [0.15, 0.2) is 0 Å². The van der Waals surface area contributed by atoms with E-state index in [2.05, 4.69) is 4.74 Å². The van der Waals surface area contributed by atoms with Crippen molar-refractivity contribution in [3.05, 3.63) is 0 Å². The Morgan fingerprint density at radius 1 is 1.75 bits per heavy atom. The highest BCUT2D eigenvalue weighted by atomic mass is 16.6. The van der Waals surface area contributed by atoms with Gasteiger partial charge in [-0.15, -0.1) is 0 Å². The zero-order valence-corrected chi connectivity index (χ0v) is 4.79. The van der Waals surface area contributed by atoms with E-state index in [0.29, 0.717) is 0 Å². The Bertz CT molecular complexity index is 64.3. The molecule has 0 saturated heterocycles. The summed E-state index contributed by atoms with van der Waals surface area (Å²) in [5.74, 6) is -1.85. The lowest BCUT2D eigenvalue weighted by Crippen LogP contribution is -2.46. The second kappa shape index (κ2) is 2.99. The predicted molar refractivity (Wildman–Crippen MR) is 27.8 cm³/mol. The molecule has 1 atom stereocenters. The van der Waals surface area contributed by atoms with Crippen molar-refractivity contribution in [3.63, 3.8) is 0 Å². The third-order valence-electron chi connectivity index (χ3n) is 0.621. The maximum absolute atomic E-state index is 8.63. The van der Waals surface area contributed by atoms with Crippen molar-refractivity contribution in [1.29, 1.82) is 0 Å². The lowest BCUT2D eigenvalue weighted by Gasteiger charge is -2.18. The first kappa shape index (κ1) is 7.84. The van der Waals surface area contributed by atoms with E-state index in [1.807, 2.05) is 0 Å². The highest BCUT2D eigenvalue weighted by Gasteiger charge is 2.18. The Hall–Kier alpha value is -0.160. The molecule has 4 N–H and O–H groups in total. The van der Waals surface area contributed by atoms with Gasteiger partial charge in [-0.05, 0) is 6.92 Å². The lowest BCUT2D eigenvalue weighted by molar-refractivity contribution is -0.217. The first-order valence-electron chi connectivity index (χ1n) is 2.38. The molecule has 0 aliphatic carbocycles. The zero-order chi connectivity index (χ0) is 6.62. The fraction of sp³-hybridized carbons (Fsp3) is 1.00. The largest absolute Gasteiger partial charge is 0.389 e. The van der Waals surface area contributed by atoms with Gasteiger partial charge >= 0.3 is 0 Å². The van der Waals surface area contributed by atoms with Crippen molar-refractivity contribution in [1.82, 2.24) is 0 Å². The van der Waals surface area contributed by atoms with Crippen LogP contribution in [0, 0.1) is 0 Å².